The van der Waals surface area contributed by atoms with Gasteiger partial charge >= 0.3 is 6.55 Å². The highest BCUT2D eigenvalue weighted by atomic mass is 19.3. The average molecular weight is 526 g/mol. The molecule has 0 spiro atoms. The zero-order valence-corrected chi connectivity index (χ0v) is 20.2. The number of amides is 1. The van der Waals surface area contributed by atoms with E-state index in [0.717, 1.165) is 18.4 Å². The molecule has 0 aliphatic heterocycles. The van der Waals surface area contributed by atoms with Gasteiger partial charge in [-0.05, 0) is 42.5 Å². The molecule has 12 heteroatoms. The van der Waals surface area contributed by atoms with Crippen LogP contribution in [0.3, 0.4) is 0 Å². The van der Waals surface area contributed by atoms with Crippen LogP contribution in [0.1, 0.15) is 46.8 Å². The number of halogens is 4. The van der Waals surface area contributed by atoms with Gasteiger partial charge in [-0.15, -0.1) is 0 Å². The van der Waals surface area contributed by atoms with Gasteiger partial charge in [0.25, 0.3) is 5.91 Å². The lowest BCUT2D eigenvalue weighted by Crippen LogP contribution is -2.27. The summed E-state index contributed by atoms with van der Waals surface area (Å²) in [6, 6.07) is 9.19. The highest BCUT2D eigenvalue weighted by Gasteiger charge is 2.25. The molecule has 0 radical (unpaired) electrons. The second-order valence-electron chi connectivity index (χ2n) is 9.02. The van der Waals surface area contributed by atoms with Crippen LogP contribution in [0, 0.1) is 11.6 Å². The highest BCUT2D eigenvalue weighted by Crippen LogP contribution is 2.40. The molecule has 6 rings (SSSR count). The molecular formula is C26H23F4N7O. The Morgan fingerprint density at radius 3 is 2.58 bits per heavy atom. The van der Waals surface area contributed by atoms with Crippen LogP contribution >= 0.6 is 0 Å². The Morgan fingerprint density at radius 2 is 1.95 bits per heavy atom. The fraction of sp³-hybridized carbons (Fsp3) is 0.231. The van der Waals surface area contributed by atoms with E-state index < -0.39 is 18.3 Å². The van der Waals surface area contributed by atoms with Crippen molar-refractivity contribution < 1.29 is 22.4 Å². The number of nitrogens with two attached hydrogens (primary N) is 1. The third kappa shape index (κ3) is 5.01. The second-order valence-corrected chi connectivity index (χ2v) is 9.02. The summed E-state index contributed by atoms with van der Waals surface area (Å²) in [5.41, 5.74) is 8.54. The molecule has 2 N–H and O–H groups in total. The molecule has 1 amide bonds. The number of imidazole rings is 1. The molecule has 3 aromatic heterocycles. The number of fused-ring (bicyclic) bond motifs is 3. The molecule has 3 heterocycles. The van der Waals surface area contributed by atoms with E-state index in [1.807, 2.05) is 6.07 Å². The number of aromatic nitrogens is 5. The van der Waals surface area contributed by atoms with Gasteiger partial charge in [0, 0.05) is 37.6 Å². The summed E-state index contributed by atoms with van der Waals surface area (Å²) < 4.78 is 54.5. The van der Waals surface area contributed by atoms with Gasteiger partial charge in [0.2, 0.25) is 0 Å². The predicted octanol–water partition coefficient (Wildman–Crippen LogP) is 5.17. The predicted molar refractivity (Wildman–Crippen MR) is 133 cm³/mol. The minimum Gasteiger partial charge on any atom is -0.382 e. The number of hydrogen-bond donors (Lipinski definition) is 1. The van der Waals surface area contributed by atoms with Gasteiger partial charge in [-0.1, -0.05) is 12.1 Å². The number of hydrogen-bond acceptors (Lipinski definition) is 5. The van der Waals surface area contributed by atoms with Crippen molar-refractivity contribution in [3.8, 4) is 0 Å². The quantitative estimate of drug-likeness (QED) is 0.320. The molecule has 1 aliphatic carbocycles. The van der Waals surface area contributed by atoms with Gasteiger partial charge in [0.1, 0.15) is 23.0 Å². The van der Waals surface area contributed by atoms with Gasteiger partial charge in [0.05, 0.1) is 29.1 Å². The van der Waals surface area contributed by atoms with Crippen molar-refractivity contribution in [2.24, 2.45) is 0 Å². The number of nitrogens with zero attached hydrogens (tertiary/aromatic N) is 6. The second kappa shape index (κ2) is 10.1. The molecule has 38 heavy (non-hydrogen) atoms. The Bertz CT molecular complexity index is 1610. The average Bonchev–Trinajstić information content (AvgIpc) is 3.36. The molecule has 0 atom stereocenters. The van der Waals surface area contributed by atoms with Crippen LogP contribution in [-0.4, -0.2) is 42.0 Å². The van der Waals surface area contributed by atoms with Gasteiger partial charge in [-0.25, -0.2) is 23.4 Å². The SMILES string of the molecule is CN(Cc1ccc(C2CC2)cc1F)C(=O)c1cc2c(cc1F)nc(N)c1cncn12.FC(F)n1cccn1. The molecule has 1 aliphatic rings. The smallest absolute Gasteiger partial charge is 0.333 e. The zero-order valence-electron chi connectivity index (χ0n) is 20.2. The number of carbonyl (C=O) groups is 1. The number of anilines is 1. The summed E-state index contributed by atoms with van der Waals surface area (Å²) in [7, 11) is 1.52. The topological polar surface area (TPSA) is 94.3 Å². The van der Waals surface area contributed by atoms with E-state index in [9.17, 15) is 22.4 Å². The normalized spacial score (nSPS) is 13.1. The van der Waals surface area contributed by atoms with Crippen LogP contribution in [0.15, 0.2) is 61.3 Å². The van der Waals surface area contributed by atoms with Crippen molar-refractivity contribution >= 4 is 28.3 Å². The van der Waals surface area contributed by atoms with Crippen LogP contribution in [0.25, 0.3) is 16.6 Å². The summed E-state index contributed by atoms with van der Waals surface area (Å²) in [6.07, 6.45) is 7.78. The lowest BCUT2D eigenvalue weighted by molar-refractivity contribution is 0.0566. The van der Waals surface area contributed by atoms with E-state index in [1.54, 1.807) is 16.7 Å². The van der Waals surface area contributed by atoms with Crippen LogP contribution < -0.4 is 5.73 Å². The van der Waals surface area contributed by atoms with Gasteiger partial charge in [-0.3, -0.25) is 9.20 Å². The standard InChI is InChI=1S/C22H19F2N5O.C4H4F2N2/c1-28(10-14-5-4-13(6-16(14)23)12-2-3-12)22(30)15-7-19-18(8-17(15)24)27-21(25)20-9-26-11-29(19)20;5-4(6)8-3-1-2-7-8/h4-9,11-12H,2-3,10H2,1H3,(H2,25,27);1-4H. The number of alkyl halides is 2. The first-order chi connectivity index (χ1) is 18.2. The van der Waals surface area contributed by atoms with Crippen molar-refractivity contribution in [2.75, 3.05) is 12.8 Å². The van der Waals surface area contributed by atoms with E-state index in [0.29, 0.717) is 32.7 Å². The summed E-state index contributed by atoms with van der Waals surface area (Å²) in [5, 5.41) is 3.28. The summed E-state index contributed by atoms with van der Waals surface area (Å²) in [6.45, 7) is -2.47. The molecule has 1 saturated carbocycles. The molecular weight excluding hydrogens is 502 g/mol. The van der Waals surface area contributed by atoms with Crippen molar-refractivity contribution in [2.45, 2.75) is 31.9 Å². The third-order valence-electron chi connectivity index (χ3n) is 6.30. The van der Waals surface area contributed by atoms with E-state index in [1.165, 1.54) is 54.9 Å². The van der Waals surface area contributed by atoms with E-state index in [4.69, 9.17) is 5.73 Å². The number of carbonyl (C=O) groups excluding carboxylic acids is 1. The zero-order chi connectivity index (χ0) is 27.0. The Labute approximate surface area is 214 Å². The highest BCUT2D eigenvalue weighted by molar-refractivity contribution is 5.98. The first kappa shape index (κ1) is 25.2. The Morgan fingerprint density at radius 1 is 1.16 bits per heavy atom. The minimum absolute atomic E-state index is 0.0353. The van der Waals surface area contributed by atoms with E-state index in [2.05, 4.69) is 15.1 Å². The summed E-state index contributed by atoms with van der Waals surface area (Å²) in [4.78, 5) is 22.5. The Balaban J connectivity index is 0.000000316. The molecule has 8 nitrogen and oxygen atoms in total. The Kier molecular flexibility index (Phi) is 6.70. The number of benzene rings is 2. The van der Waals surface area contributed by atoms with Crippen molar-refractivity contribution in [1.82, 2.24) is 29.0 Å². The maximum absolute atomic E-state index is 14.7. The van der Waals surface area contributed by atoms with Crippen LogP contribution in [-0.2, 0) is 6.54 Å². The van der Waals surface area contributed by atoms with Crippen LogP contribution in [0.2, 0.25) is 0 Å². The molecule has 1 fully saturated rings. The van der Waals surface area contributed by atoms with E-state index in [-0.39, 0.29) is 23.7 Å². The summed E-state index contributed by atoms with van der Waals surface area (Å²) >= 11 is 0. The van der Waals surface area contributed by atoms with Crippen LogP contribution in [0.5, 0.6) is 0 Å². The van der Waals surface area contributed by atoms with E-state index >= 15 is 0 Å². The van der Waals surface area contributed by atoms with Gasteiger partial charge in [0.15, 0.2) is 0 Å². The van der Waals surface area contributed by atoms with Crippen molar-refractivity contribution in [3.05, 3.63) is 89.6 Å². The third-order valence-corrected chi connectivity index (χ3v) is 6.30. The molecule has 0 bridgehead atoms. The minimum atomic E-state index is -2.51. The van der Waals surface area contributed by atoms with Crippen molar-refractivity contribution in [1.29, 1.82) is 0 Å². The first-order valence-electron chi connectivity index (χ1n) is 11.7. The number of nitrogen functional groups attached to an aromatic ring is 1. The molecule has 2 aromatic carbocycles. The monoisotopic (exact) mass is 525 g/mol. The lowest BCUT2D eigenvalue weighted by atomic mass is 10.1. The fourth-order valence-electron chi connectivity index (χ4n) is 4.15. The largest absolute Gasteiger partial charge is 0.382 e. The van der Waals surface area contributed by atoms with Crippen molar-refractivity contribution in [3.63, 3.8) is 0 Å². The first-order valence-corrected chi connectivity index (χ1v) is 11.7. The summed E-state index contributed by atoms with van der Waals surface area (Å²) in [5.74, 6) is -0.943. The maximum Gasteiger partial charge on any atom is 0.333 e. The molecule has 5 aromatic rings. The molecule has 0 unspecified atom stereocenters. The lowest BCUT2D eigenvalue weighted by Gasteiger charge is -2.19. The molecule has 196 valence electrons. The molecule has 0 saturated heterocycles. The van der Waals surface area contributed by atoms with Gasteiger partial charge in [-0.2, -0.15) is 13.9 Å². The number of rotatable bonds is 5. The Hall–Kier alpha value is -4.48. The van der Waals surface area contributed by atoms with Gasteiger partial charge < -0.3 is 10.6 Å². The fourth-order valence-corrected chi connectivity index (χ4v) is 4.15. The maximum atomic E-state index is 14.7. The van der Waals surface area contributed by atoms with Crippen LogP contribution in [0.4, 0.5) is 23.4 Å².